The summed E-state index contributed by atoms with van der Waals surface area (Å²) in [5.74, 6) is 0.970. The molecule has 1 N–H and O–H groups in total. The van der Waals surface area contributed by atoms with Crippen LogP contribution in [0, 0.1) is 6.04 Å². The summed E-state index contributed by atoms with van der Waals surface area (Å²) in [6.45, 7) is 4.83. The van der Waals surface area contributed by atoms with E-state index in [0.29, 0.717) is 0 Å². The molecular formula is C9H14NO. The molecule has 0 aromatic carbocycles. The fourth-order valence-corrected chi connectivity index (χ4v) is 1.02. The molecule has 0 saturated heterocycles. The molecule has 1 aliphatic heterocycles. The minimum absolute atomic E-state index is 0.727. The van der Waals surface area contributed by atoms with Crippen molar-refractivity contribution in [1.29, 1.82) is 0 Å². The van der Waals surface area contributed by atoms with Gasteiger partial charge in [0, 0.05) is 0 Å². The number of nitrogens with one attached hydrogen (secondary N) is 1. The van der Waals surface area contributed by atoms with E-state index in [2.05, 4.69) is 12.2 Å². The SMILES string of the molecule is CCOC1=CC=CN[C]1CC. The molecule has 0 saturated carbocycles. The van der Waals surface area contributed by atoms with Crippen molar-refractivity contribution in [1.82, 2.24) is 5.32 Å². The van der Waals surface area contributed by atoms with Gasteiger partial charge < -0.3 is 10.1 Å². The van der Waals surface area contributed by atoms with E-state index >= 15 is 0 Å². The fraction of sp³-hybridized carbons (Fsp3) is 0.444. The van der Waals surface area contributed by atoms with Gasteiger partial charge in [-0.15, -0.1) is 0 Å². The van der Waals surface area contributed by atoms with E-state index < -0.39 is 0 Å². The fourth-order valence-electron chi connectivity index (χ4n) is 1.02. The first-order valence-electron chi connectivity index (χ1n) is 4.00. The van der Waals surface area contributed by atoms with Crippen LogP contribution in [0.15, 0.2) is 24.1 Å². The average molecular weight is 152 g/mol. The predicted molar refractivity (Wildman–Crippen MR) is 45.5 cm³/mol. The second-order valence-corrected chi connectivity index (χ2v) is 2.30. The van der Waals surface area contributed by atoms with Crippen molar-refractivity contribution < 1.29 is 4.74 Å². The number of ether oxygens (including phenoxy) is 1. The van der Waals surface area contributed by atoms with Crippen LogP contribution in [0.4, 0.5) is 0 Å². The second-order valence-electron chi connectivity index (χ2n) is 2.30. The van der Waals surface area contributed by atoms with E-state index in [0.717, 1.165) is 24.8 Å². The Hall–Kier alpha value is -0.920. The minimum atomic E-state index is 0.727. The molecule has 0 bridgehead atoms. The number of dihydropyridines is 1. The van der Waals surface area contributed by atoms with Gasteiger partial charge in [-0.3, -0.25) is 0 Å². The topological polar surface area (TPSA) is 21.3 Å². The standard InChI is InChI=1S/C9H14NO/c1-3-8-9(11-4-2)6-5-7-10-8/h5-7,10H,3-4H2,1-2H3. The number of hydrogen-bond acceptors (Lipinski definition) is 2. The Morgan fingerprint density at radius 2 is 2.27 bits per heavy atom. The molecular weight excluding hydrogens is 138 g/mol. The third kappa shape index (κ3) is 2.00. The third-order valence-corrected chi connectivity index (χ3v) is 1.55. The lowest BCUT2D eigenvalue weighted by Crippen LogP contribution is -2.20. The van der Waals surface area contributed by atoms with Gasteiger partial charge in [-0.05, 0) is 31.7 Å². The zero-order chi connectivity index (χ0) is 8.10. The Balaban J connectivity index is 2.55. The van der Waals surface area contributed by atoms with Crippen LogP contribution in [-0.2, 0) is 4.74 Å². The Labute approximate surface area is 67.9 Å². The van der Waals surface area contributed by atoms with E-state index in [1.807, 2.05) is 25.3 Å². The summed E-state index contributed by atoms with van der Waals surface area (Å²) in [7, 11) is 0. The van der Waals surface area contributed by atoms with Gasteiger partial charge in [-0.1, -0.05) is 6.92 Å². The minimum Gasteiger partial charge on any atom is -0.496 e. The van der Waals surface area contributed by atoms with Crippen LogP contribution >= 0.6 is 0 Å². The van der Waals surface area contributed by atoms with Crippen LogP contribution in [0.3, 0.4) is 0 Å². The molecule has 1 rings (SSSR count). The van der Waals surface area contributed by atoms with Crippen molar-refractivity contribution in [2.75, 3.05) is 6.61 Å². The maximum atomic E-state index is 5.40. The highest BCUT2D eigenvalue weighted by atomic mass is 16.5. The van der Waals surface area contributed by atoms with Crippen LogP contribution in [0.2, 0.25) is 0 Å². The Bertz CT molecular complexity index is 172. The van der Waals surface area contributed by atoms with Crippen molar-refractivity contribution in [2.45, 2.75) is 20.3 Å². The van der Waals surface area contributed by atoms with Gasteiger partial charge in [-0.25, -0.2) is 0 Å². The van der Waals surface area contributed by atoms with Gasteiger partial charge >= 0.3 is 0 Å². The molecule has 2 heteroatoms. The normalized spacial score (nSPS) is 17.5. The summed E-state index contributed by atoms with van der Waals surface area (Å²) >= 11 is 0. The number of rotatable bonds is 3. The second kappa shape index (κ2) is 4.06. The molecule has 1 aliphatic rings. The van der Waals surface area contributed by atoms with Crippen molar-refractivity contribution in [3.8, 4) is 0 Å². The maximum Gasteiger partial charge on any atom is 0.125 e. The van der Waals surface area contributed by atoms with Crippen molar-refractivity contribution >= 4 is 0 Å². The molecule has 2 nitrogen and oxygen atoms in total. The molecule has 0 aliphatic carbocycles. The highest BCUT2D eigenvalue weighted by Crippen LogP contribution is 2.18. The third-order valence-electron chi connectivity index (χ3n) is 1.55. The molecule has 0 atom stereocenters. The highest BCUT2D eigenvalue weighted by Gasteiger charge is 2.13. The maximum absolute atomic E-state index is 5.40. The highest BCUT2D eigenvalue weighted by molar-refractivity contribution is 5.27. The molecule has 1 heterocycles. The molecule has 11 heavy (non-hydrogen) atoms. The van der Waals surface area contributed by atoms with Crippen molar-refractivity contribution in [2.24, 2.45) is 0 Å². The monoisotopic (exact) mass is 152 g/mol. The van der Waals surface area contributed by atoms with E-state index in [9.17, 15) is 0 Å². The lowest BCUT2D eigenvalue weighted by Gasteiger charge is -2.20. The summed E-state index contributed by atoms with van der Waals surface area (Å²) in [5, 5.41) is 3.15. The zero-order valence-corrected chi connectivity index (χ0v) is 7.05. The van der Waals surface area contributed by atoms with Crippen LogP contribution < -0.4 is 5.32 Å². The van der Waals surface area contributed by atoms with Gasteiger partial charge in [0.05, 0.1) is 6.61 Å². The van der Waals surface area contributed by atoms with E-state index in [4.69, 9.17) is 4.74 Å². The molecule has 0 spiro atoms. The summed E-state index contributed by atoms with van der Waals surface area (Å²) in [6.07, 6.45) is 6.83. The summed E-state index contributed by atoms with van der Waals surface area (Å²) in [5.41, 5.74) is 0. The van der Waals surface area contributed by atoms with E-state index in [1.54, 1.807) is 0 Å². The Morgan fingerprint density at radius 3 is 2.91 bits per heavy atom. The van der Waals surface area contributed by atoms with Gasteiger partial charge in [0.2, 0.25) is 0 Å². The van der Waals surface area contributed by atoms with Crippen LogP contribution in [0.5, 0.6) is 0 Å². The smallest absolute Gasteiger partial charge is 0.125 e. The molecule has 0 aromatic rings. The van der Waals surface area contributed by atoms with Crippen LogP contribution in [0.25, 0.3) is 0 Å². The Morgan fingerprint density at radius 1 is 1.45 bits per heavy atom. The van der Waals surface area contributed by atoms with Crippen LogP contribution in [-0.4, -0.2) is 6.61 Å². The lowest BCUT2D eigenvalue weighted by atomic mass is 10.1. The number of allylic oxidation sites excluding steroid dienone is 2. The van der Waals surface area contributed by atoms with E-state index in [-0.39, 0.29) is 0 Å². The van der Waals surface area contributed by atoms with E-state index in [1.165, 1.54) is 0 Å². The Kier molecular flexibility index (Phi) is 3.02. The van der Waals surface area contributed by atoms with Crippen LogP contribution in [0.1, 0.15) is 20.3 Å². The van der Waals surface area contributed by atoms with Gasteiger partial charge in [0.15, 0.2) is 0 Å². The average Bonchev–Trinajstić information content (AvgIpc) is 2.06. The largest absolute Gasteiger partial charge is 0.496 e. The van der Waals surface area contributed by atoms with Gasteiger partial charge in [0.1, 0.15) is 11.8 Å². The molecule has 0 amide bonds. The first-order valence-corrected chi connectivity index (χ1v) is 4.00. The molecule has 0 fully saturated rings. The summed E-state index contributed by atoms with van der Waals surface area (Å²) in [6, 6.07) is 1.16. The lowest BCUT2D eigenvalue weighted by molar-refractivity contribution is 0.221. The summed E-state index contributed by atoms with van der Waals surface area (Å²) < 4.78 is 5.40. The van der Waals surface area contributed by atoms with Crippen molar-refractivity contribution in [3.63, 3.8) is 0 Å². The van der Waals surface area contributed by atoms with Gasteiger partial charge in [0.25, 0.3) is 0 Å². The van der Waals surface area contributed by atoms with Crippen molar-refractivity contribution in [3.05, 3.63) is 30.2 Å². The molecule has 1 radical (unpaired) electrons. The first kappa shape index (κ1) is 8.18. The quantitative estimate of drug-likeness (QED) is 0.667. The summed E-state index contributed by atoms with van der Waals surface area (Å²) in [4.78, 5) is 0. The zero-order valence-electron chi connectivity index (χ0n) is 7.05. The molecule has 0 unspecified atom stereocenters. The predicted octanol–water partition coefficient (Wildman–Crippen LogP) is 1.97. The molecule has 0 aromatic heterocycles. The first-order chi connectivity index (χ1) is 5.38. The molecule has 61 valence electrons. The van der Waals surface area contributed by atoms with Gasteiger partial charge in [-0.2, -0.15) is 0 Å². The number of hydrogen-bond donors (Lipinski definition) is 1.